The van der Waals surface area contributed by atoms with Crippen molar-refractivity contribution in [2.75, 3.05) is 0 Å². The number of nitrogens with one attached hydrogen (secondary N) is 1. The molecule has 0 saturated carbocycles. The minimum Gasteiger partial charge on any atom is -0.465 e. The van der Waals surface area contributed by atoms with Crippen molar-refractivity contribution in [1.29, 1.82) is 0 Å². The van der Waals surface area contributed by atoms with Crippen LogP contribution in [0.1, 0.15) is 12.6 Å². The Morgan fingerprint density at radius 2 is 2.00 bits per heavy atom. The van der Waals surface area contributed by atoms with Crippen molar-refractivity contribution in [2.45, 2.75) is 30.7 Å². The average molecular weight is 436 g/mol. The second-order valence-corrected chi connectivity index (χ2v) is 5.86. The van der Waals surface area contributed by atoms with Gasteiger partial charge in [-0.2, -0.15) is 22.0 Å². The molecule has 2 rings (SSSR count). The van der Waals surface area contributed by atoms with E-state index in [4.69, 9.17) is 5.11 Å². The highest BCUT2D eigenvalue weighted by Crippen LogP contribution is 2.50. The lowest BCUT2D eigenvalue weighted by atomic mass is 9.85. The fraction of sp³-hybridized carbons (Fsp3) is 0.417. The number of aromatic nitrogens is 1. The number of halogens is 7. The topological polar surface area (TPSA) is 83.8 Å². The molecule has 1 aliphatic rings. The number of hydrogen-bond donors (Lipinski definition) is 2. The van der Waals surface area contributed by atoms with Crippen LogP contribution in [0.5, 0.6) is 0 Å². The van der Waals surface area contributed by atoms with Gasteiger partial charge in [-0.1, -0.05) is 0 Å². The molecule has 2 atom stereocenters. The maximum absolute atomic E-state index is 14.6. The average Bonchev–Trinajstić information content (AvgIpc) is 2.43. The number of alkyl halides is 5. The molecule has 0 bridgehead atoms. The van der Waals surface area contributed by atoms with Crippen molar-refractivity contribution >= 4 is 28.0 Å². The fourth-order valence-corrected chi connectivity index (χ4v) is 2.45. The molecule has 0 aliphatic carbocycles. The molecular formula is C12H8BrF6N3O3. The Hall–Kier alpha value is -2.05. The lowest BCUT2D eigenvalue weighted by Crippen LogP contribution is -2.62. The first-order valence-electron chi connectivity index (χ1n) is 6.32. The van der Waals surface area contributed by atoms with Gasteiger partial charge in [0.25, 0.3) is 12.1 Å². The highest BCUT2D eigenvalue weighted by atomic mass is 79.9. The Kier molecular flexibility index (Phi) is 4.65. The number of ether oxygens (including phenoxy) is 1. The summed E-state index contributed by atoms with van der Waals surface area (Å²) >= 11 is 2.80. The molecule has 0 aromatic carbocycles. The van der Waals surface area contributed by atoms with Crippen molar-refractivity contribution in [3.63, 3.8) is 0 Å². The van der Waals surface area contributed by atoms with Crippen LogP contribution in [0.2, 0.25) is 0 Å². The molecule has 0 unspecified atom stereocenters. The number of nitrogens with zero attached hydrogens (tertiary/aromatic N) is 2. The van der Waals surface area contributed by atoms with Gasteiger partial charge in [-0.05, 0) is 35.0 Å². The third-order valence-corrected chi connectivity index (χ3v) is 3.76. The molecular weight excluding hydrogens is 428 g/mol. The second kappa shape index (κ2) is 6.04. The van der Waals surface area contributed by atoms with Gasteiger partial charge in [-0.25, -0.2) is 24.5 Å². The first-order chi connectivity index (χ1) is 11.3. The van der Waals surface area contributed by atoms with Gasteiger partial charge in [0.15, 0.2) is 5.54 Å². The highest BCUT2D eigenvalue weighted by Gasteiger charge is 2.70. The van der Waals surface area contributed by atoms with Crippen LogP contribution in [0.15, 0.2) is 21.7 Å². The minimum absolute atomic E-state index is 0.140. The molecule has 0 saturated heterocycles. The minimum atomic E-state index is -5.60. The Balaban J connectivity index is 2.73. The van der Waals surface area contributed by atoms with E-state index in [0.29, 0.717) is 13.0 Å². The zero-order valence-corrected chi connectivity index (χ0v) is 13.6. The zero-order valence-electron chi connectivity index (χ0n) is 12.0. The normalized spacial score (nSPS) is 25.8. The second-order valence-electron chi connectivity index (χ2n) is 5.05. The van der Waals surface area contributed by atoms with E-state index in [1.807, 2.05) is 0 Å². The molecule has 138 valence electrons. The number of rotatable bonds is 1. The summed E-state index contributed by atoms with van der Waals surface area (Å²) in [6, 6.07) is 0.386. The van der Waals surface area contributed by atoms with E-state index in [2.05, 4.69) is 30.6 Å². The van der Waals surface area contributed by atoms with Crippen LogP contribution in [0.3, 0.4) is 0 Å². The van der Waals surface area contributed by atoms with Gasteiger partial charge in [0.1, 0.15) is 16.1 Å². The lowest BCUT2D eigenvalue weighted by molar-refractivity contribution is -0.288. The first-order valence-corrected chi connectivity index (χ1v) is 7.12. The molecule has 25 heavy (non-hydrogen) atoms. The van der Waals surface area contributed by atoms with Crippen molar-refractivity contribution in [3.8, 4) is 0 Å². The molecule has 1 amide bonds. The van der Waals surface area contributed by atoms with Crippen LogP contribution in [-0.2, 0) is 10.3 Å². The number of carbonyl (C=O) groups is 1. The predicted octanol–water partition coefficient (Wildman–Crippen LogP) is 3.42. The summed E-state index contributed by atoms with van der Waals surface area (Å²) in [4.78, 5) is 17.2. The molecule has 0 spiro atoms. The Morgan fingerprint density at radius 3 is 2.52 bits per heavy atom. The van der Waals surface area contributed by atoms with E-state index >= 15 is 0 Å². The number of amides is 1. The predicted molar refractivity (Wildman–Crippen MR) is 73.7 cm³/mol. The molecule has 2 heterocycles. The smallest absolute Gasteiger partial charge is 0.431 e. The zero-order chi connectivity index (χ0) is 19.2. The number of hydrogen-bond acceptors (Lipinski definition) is 4. The van der Waals surface area contributed by atoms with Crippen LogP contribution in [0.4, 0.5) is 31.1 Å². The number of amidine groups is 1. The van der Waals surface area contributed by atoms with Crippen LogP contribution < -0.4 is 5.32 Å². The molecule has 0 fully saturated rings. The van der Waals surface area contributed by atoms with Gasteiger partial charge in [-0.3, -0.25) is 0 Å². The number of aliphatic imine (C=N–C) groups is 1. The summed E-state index contributed by atoms with van der Waals surface area (Å²) in [7, 11) is 0. The monoisotopic (exact) mass is 435 g/mol. The summed E-state index contributed by atoms with van der Waals surface area (Å²) < 4.78 is 86.1. The quantitative estimate of drug-likeness (QED) is 0.522. The van der Waals surface area contributed by atoms with Crippen molar-refractivity contribution in [2.24, 2.45) is 4.99 Å². The molecule has 1 aliphatic heterocycles. The van der Waals surface area contributed by atoms with Crippen LogP contribution >= 0.6 is 15.9 Å². The third-order valence-electron chi connectivity index (χ3n) is 3.32. The van der Waals surface area contributed by atoms with E-state index in [1.54, 1.807) is 0 Å². The van der Waals surface area contributed by atoms with Gasteiger partial charge in [0, 0.05) is 0 Å². The number of pyridine rings is 1. The molecule has 6 nitrogen and oxygen atoms in total. The summed E-state index contributed by atoms with van der Waals surface area (Å²) in [6.07, 6.45) is -11.3. The first kappa shape index (κ1) is 19.3. The summed E-state index contributed by atoms with van der Waals surface area (Å²) in [5.74, 6) is -6.16. The van der Waals surface area contributed by atoms with Gasteiger partial charge in [0.05, 0.1) is 0 Å². The van der Waals surface area contributed by atoms with Crippen molar-refractivity contribution < 1.29 is 41.0 Å². The Bertz CT molecular complexity index is 741. The van der Waals surface area contributed by atoms with Gasteiger partial charge in [0.2, 0.25) is 0 Å². The third kappa shape index (κ3) is 3.37. The van der Waals surface area contributed by atoms with E-state index in [-0.39, 0.29) is 4.60 Å². The number of carboxylic acid groups (broad SMARTS) is 1. The summed E-state index contributed by atoms with van der Waals surface area (Å²) in [5, 5.41) is 9.92. The summed E-state index contributed by atoms with van der Waals surface area (Å²) in [5.41, 5.74) is -4.31. The van der Waals surface area contributed by atoms with Crippen LogP contribution in [0, 0.1) is 5.82 Å². The largest absolute Gasteiger partial charge is 0.465 e. The van der Waals surface area contributed by atoms with Gasteiger partial charge in [-0.15, -0.1) is 0 Å². The van der Waals surface area contributed by atoms with Crippen LogP contribution in [0.25, 0.3) is 0 Å². The maximum Gasteiger partial charge on any atom is 0.431 e. The fourth-order valence-electron chi connectivity index (χ4n) is 2.14. The van der Waals surface area contributed by atoms with E-state index < -0.39 is 47.4 Å². The van der Waals surface area contributed by atoms with E-state index in [1.165, 1.54) is 5.32 Å². The van der Waals surface area contributed by atoms with Gasteiger partial charge < -0.3 is 9.84 Å². The SMILES string of the molecule is C[C@]1(c2nc(Br)ccc2F)N=C(NC(=O)O)O[C@H](C(F)(F)F)C1(F)F. The standard InChI is InChI=1S/C12H8BrF6N3O3/c1-10(6-4(14)2-3-5(13)20-6)11(15,16)7(12(17,18)19)25-8(22-10)21-9(23)24/h2-3,7H,1H3,(H,21,22)(H,23,24)/t7-,10+/m0/s1. The van der Waals surface area contributed by atoms with Gasteiger partial charge >= 0.3 is 18.2 Å². The molecule has 13 heteroatoms. The van der Waals surface area contributed by atoms with Crippen molar-refractivity contribution in [1.82, 2.24) is 10.3 Å². The molecule has 2 N–H and O–H groups in total. The highest BCUT2D eigenvalue weighted by molar-refractivity contribution is 9.10. The maximum atomic E-state index is 14.6. The van der Waals surface area contributed by atoms with E-state index in [9.17, 15) is 31.1 Å². The van der Waals surface area contributed by atoms with E-state index in [0.717, 1.165) is 6.07 Å². The van der Waals surface area contributed by atoms with Crippen molar-refractivity contribution in [3.05, 3.63) is 28.2 Å². The van der Waals surface area contributed by atoms with Crippen LogP contribution in [-0.4, -0.2) is 40.4 Å². The molecule has 1 aromatic heterocycles. The summed E-state index contributed by atoms with van der Waals surface area (Å²) in [6.45, 7) is 0.496. The Morgan fingerprint density at radius 1 is 1.40 bits per heavy atom. The molecule has 1 aromatic rings. The molecule has 0 radical (unpaired) electrons. The lowest BCUT2D eigenvalue weighted by Gasteiger charge is -2.42. The Labute approximate surface area is 144 Å².